The first-order valence-corrected chi connectivity index (χ1v) is 10.9. The third-order valence-corrected chi connectivity index (χ3v) is 6.14. The van der Waals surface area contributed by atoms with Crippen LogP contribution in [0.5, 0.6) is 11.5 Å². The highest BCUT2D eigenvalue weighted by atomic mass is 16.6. The Bertz CT molecular complexity index is 1130. The number of amides is 2. The second-order valence-electron chi connectivity index (χ2n) is 8.34. The minimum Gasteiger partial charge on any atom is -0.486 e. The highest BCUT2D eigenvalue weighted by Gasteiger charge is 2.35. The Morgan fingerprint density at radius 2 is 2.00 bits per heavy atom. The van der Waals surface area contributed by atoms with E-state index in [1.165, 1.54) is 0 Å². The number of fused-ring (bicyclic) bond motifs is 2. The third-order valence-electron chi connectivity index (χ3n) is 6.14. The number of carbonyl (C=O) groups is 2. The number of benzene rings is 1. The number of H-pyrrole nitrogens is 1. The molecule has 2 amide bonds. The minimum absolute atomic E-state index is 0.131. The largest absolute Gasteiger partial charge is 0.486 e. The lowest BCUT2D eigenvalue weighted by molar-refractivity contribution is -0.123. The first-order chi connectivity index (χ1) is 15.5. The molecule has 1 saturated heterocycles. The van der Waals surface area contributed by atoms with Gasteiger partial charge in [0.2, 0.25) is 17.8 Å². The number of aromatic nitrogens is 2. The quantitative estimate of drug-likeness (QED) is 0.668. The Kier molecular flexibility index (Phi) is 5.20. The van der Waals surface area contributed by atoms with Crippen molar-refractivity contribution in [3.05, 3.63) is 34.1 Å². The van der Waals surface area contributed by atoms with Gasteiger partial charge in [0, 0.05) is 30.8 Å². The second-order valence-corrected chi connectivity index (χ2v) is 8.34. The van der Waals surface area contributed by atoms with Crippen molar-refractivity contribution in [1.29, 1.82) is 0 Å². The number of ether oxygens (including phenoxy) is 2. The van der Waals surface area contributed by atoms with Crippen LogP contribution >= 0.6 is 0 Å². The molecule has 3 aliphatic rings. The fourth-order valence-corrected chi connectivity index (χ4v) is 4.48. The molecule has 1 fully saturated rings. The van der Waals surface area contributed by atoms with E-state index in [0.29, 0.717) is 36.3 Å². The molecule has 10 heteroatoms. The van der Waals surface area contributed by atoms with Gasteiger partial charge in [-0.3, -0.25) is 19.4 Å². The first kappa shape index (κ1) is 20.3. The highest BCUT2D eigenvalue weighted by Crippen LogP contribution is 2.34. The molecule has 0 aliphatic carbocycles. The molecule has 3 N–H and O–H groups in total. The maximum absolute atomic E-state index is 13.1. The van der Waals surface area contributed by atoms with E-state index in [2.05, 4.69) is 27.5 Å². The third kappa shape index (κ3) is 3.76. The number of aromatic amines is 1. The lowest BCUT2D eigenvalue weighted by Gasteiger charge is -2.34. The highest BCUT2D eigenvalue weighted by molar-refractivity contribution is 6.04. The van der Waals surface area contributed by atoms with E-state index in [9.17, 15) is 14.4 Å². The number of nitrogens with zero attached hydrogens (tertiary/aromatic N) is 2. The normalized spacial score (nSPS) is 22.0. The molecule has 1 aromatic carbocycles. The Balaban J connectivity index is 1.43. The molecule has 10 nitrogen and oxygen atoms in total. The molecule has 0 radical (unpaired) electrons. The Labute approximate surface area is 184 Å². The Morgan fingerprint density at radius 1 is 1.19 bits per heavy atom. The van der Waals surface area contributed by atoms with Crippen LogP contribution in [0.15, 0.2) is 23.0 Å². The van der Waals surface area contributed by atoms with Gasteiger partial charge in [0.25, 0.3) is 5.56 Å². The van der Waals surface area contributed by atoms with E-state index in [0.717, 1.165) is 25.8 Å². The molecular formula is C22H25N5O5. The first-order valence-electron chi connectivity index (χ1n) is 10.9. The topological polar surface area (TPSA) is 126 Å². The summed E-state index contributed by atoms with van der Waals surface area (Å²) in [6.07, 6.45) is 3.02. The van der Waals surface area contributed by atoms with Crippen LogP contribution in [-0.4, -0.2) is 47.6 Å². The SMILES string of the molecule is C[C@@H]1CCCCN1c1nc2c(c(=O)[nH]1)[C@H](C(=O)Nc1ccc3c(c1)OCCO3)CC(=O)N2. The van der Waals surface area contributed by atoms with Gasteiger partial charge < -0.3 is 25.0 Å². The summed E-state index contributed by atoms with van der Waals surface area (Å²) in [5.41, 5.74) is 0.257. The van der Waals surface area contributed by atoms with Crippen LogP contribution in [0.1, 0.15) is 44.1 Å². The van der Waals surface area contributed by atoms with Crippen molar-refractivity contribution in [3.8, 4) is 11.5 Å². The summed E-state index contributed by atoms with van der Waals surface area (Å²) < 4.78 is 11.0. The summed E-state index contributed by atoms with van der Waals surface area (Å²) in [5.74, 6) is -0.0302. The standard InChI is InChI=1S/C22H25N5O5/c1-12-4-2-3-7-27(12)22-25-19-18(21(30)26-22)14(11-17(28)24-19)20(29)23-13-5-6-15-16(10-13)32-9-8-31-15/h5-6,10,12,14H,2-4,7-9,11H2,1H3,(H,23,29)(H2,24,25,26,28,30)/t12-,14-/m1/s1. The van der Waals surface area contributed by atoms with Crippen molar-refractivity contribution in [2.24, 2.45) is 0 Å². The van der Waals surface area contributed by atoms with E-state index in [1.807, 2.05) is 4.90 Å². The van der Waals surface area contributed by atoms with Gasteiger partial charge in [-0.1, -0.05) is 0 Å². The summed E-state index contributed by atoms with van der Waals surface area (Å²) in [7, 11) is 0. The molecular weight excluding hydrogens is 414 g/mol. The average molecular weight is 439 g/mol. The Hall–Kier alpha value is -3.56. The lowest BCUT2D eigenvalue weighted by Crippen LogP contribution is -2.42. The minimum atomic E-state index is -0.948. The molecule has 0 spiro atoms. The molecule has 0 unspecified atom stereocenters. The van der Waals surface area contributed by atoms with E-state index < -0.39 is 17.4 Å². The van der Waals surface area contributed by atoms with Crippen molar-refractivity contribution in [3.63, 3.8) is 0 Å². The predicted molar refractivity (Wildman–Crippen MR) is 118 cm³/mol. The molecule has 2 atom stereocenters. The van der Waals surface area contributed by atoms with Crippen molar-refractivity contribution in [1.82, 2.24) is 9.97 Å². The number of carbonyl (C=O) groups excluding carboxylic acids is 2. The van der Waals surface area contributed by atoms with Gasteiger partial charge in [-0.05, 0) is 38.3 Å². The number of hydrogen-bond acceptors (Lipinski definition) is 7. The van der Waals surface area contributed by atoms with Crippen molar-refractivity contribution in [2.45, 2.75) is 44.6 Å². The molecule has 4 heterocycles. The van der Waals surface area contributed by atoms with Gasteiger partial charge in [0.15, 0.2) is 11.5 Å². The van der Waals surface area contributed by atoms with Crippen LogP contribution < -0.4 is 30.6 Å². The van der Waals surface area contributed by atoms with Gasteiger partial charge in [-0.15, -0.1) is 0 Å². The molecule has 5 rings (SSSR count). The van der Waals surface area contributed by atoms with Crippen LogP contribution in [0.3, 0.4) is 0 Å². The maximum atomic E-state index is 13.1. The Morgan fingerprint density at radius 3 is 2.81 bits per heavy atom. The molecule has 2 aromatic rings. The van der Waals surface area contributed by atoms with Crippen molar-refractivity contribution in [2.75, 3.05) is 35.3 Å². The fraction of sp³-hybridized carbons (Fsp3) is 0.455. The summed E-state index contributed by atoms with van der Waals surface area (Å²) in [6.45, 7) is 3.77. The molecule has 0 saturated carbocycles. The second kappa shape index (κ2) is 8.18. The van der Waals surface area contributed by atoms with Gasteiger partial charge in [-0.2, -0.15) is 4.98 Å². The van der Waals surface area contributed by atoms with Gasteiger partial charge in [0.05, 0.1) is 11.5 Å². The average Bonchev–Trinajstić information content (AvgIpc) is 2.78. The monoisotopic (exact) mass is 439 g/mol. The summed E-state index contributed by atoms with van der Waals surface area (Å²) in [4.78, 5) is 47.8. The molecule has 168 valence electrons. The van der Waals surface area contributed by atoms with E-state index >= 15 is 0 Å². The summed E-state index contributed by atoms with van der Waals surface area (Å²) in [6, 6.07) is 5.31. The van der Waals surface area contributed by atoms with Crippen LogP contribution in [0.2, 0.25) is 0 Å². The molecule has 1 aromatic heterocycles. The van der Waals surface area contributed by atoms with Gasteiger partial charge in [-0.25, -0.2) is 0 Å². The molecule has 0 bridgehead atoms. The molecule has 3 aliphatic heterocycles. The maximum Gasteiger partial charge on any atom is 0.258 e. The number of rotatable bonds is 3. The van der Waals surface area contributed by atoms with Crippen LogP contribution in [0.4, 0.5) is 17.5 Å². The summed E-state index contributed by atoms with van der Waals surface area (Å²) in [5, 5.41) is 5.46. The predicted octanol–water partition coefficient (Wildman–Crippen LogP) is 1.98. The van der Waals surface area contributed by atoms with E-state index in [4.69, 9.17) is 9.47 Å². The van der Waals surface area contributed by atoms with Gasteiger partial charge >= 0.3 is 0 Å². The number of nitrogens with one attached hydrogen (secondary N) is 3. The fourth-order valence-electron chi connectivity index (χ4n) is 4.48. The van der Waals surface area contributed by atoms with Gasteiger partial charge in [0.1, 0.15) is 19.0 Å². The van der Waals surface area contributed by atoms with Crippen LogP contribution in [0.25, 0.3) is 0 Å². The van der Waals surface area contributed by atoms with Crippen LogP contribution in [-0.2, 0) is 9.59 Å². The van der Waals surface area contributed by atoms with Crippen molar-refractivity contribution >= 4 is 29.3 Å². The van der Waals surface area contributed by atoms with E-state index in [1.54, 1.807) is 18.2 Å². The van der Waals surface area contributed by atoms with Crippen molar-refractivity contribution < 1.29 is 19.1 Å². The summed E-state index contributed by atoms with van der Waals surface area (Å²) >= 11 is 0. The zero-order valence-electron chi connectivity index (χ0n) is 17.8. The molecule has 32 heavy (non-hydrogen) atoms. The number of anilines is 3. The lowest BCUT2D eigenvalue weighted by atomic mass is 9.92. The smallest absolute Gasteiger partial charge is 0.258 e. The zero-order chi connectivity index (χ0) is 22.2. The zero-order valence-corrected chi connectivity index (χ0v) is 17.8. The van der Waals surface area contributed by atoms with E-state index in [-0.39, 0.29) is 29.8 Å². The van der Waals surface area contributed by atoms with Crippen LogP contribution in [0, 0.1) is 0 Å². The number of piperidine rings is 1. The number of hydrogen-bond donors (Lipinski definition) is 3.